The Labute approximate surface area is 187 Å². The van der Waals surface area contributed by atoms with Crippen molar-refractivity contribution in [2.75, 3.05) is 25.9 Å². The minimum absolute atomic E-state index is 0.00640. The van der Waals surface area contributed by atoms with Crippen molar-refractivity contribution in [1.29, 1.82) is 0 Å². The van der Waals surface area contributed by atoms with Gasteiger partial charge in [-0.3, -0.25) is 4.48 Å². The van der Waals surface area contributed by atoms with Crippen LogP contribution in [-0.2, 0) is 9.84 Å². The molecule has 0 radical (unpaired) electrons. The van der Waals surface area contributed by atoms with Gasteiger partial charge in [0.15, 0.2) is 15.4 Å². The van der Waals surface area contributed by atoms with Gasteiger partial charge in [-0.05, 0) is 61.7 Å². The zero-order valence-electron chi connectivity index (χ0n) is 18.4. The topological polar surface area (TPSA) is 63.2 Å². The van der Waals surface area contributed by atoms with Crippen LogP contribution in [0.4, 0.5) is 8.78 Å². The Morgan fingerprint density at radius 1 is 1.06 bits per heavy atom. The van der Waals surface area contributed by atoms with E-state index in [0.717, 1.165) is 50.6 Å². The second-order valence-electron chi connectivity index (χ2n) is 9.14. The van der Waals surface area contributed by atoms with Crippen molar-refractivity contribution >= 4 is 15.7 Å². The van der Waals surface area contributed by atoms with Gasteiger partial charge >= 0.3 is 5.91 Å². The third kappa shape index (κ3) is 4.23. The average molecular weight is 464 g/mol. The predicted octanol–water partition coefficient (Wildman–Crippen LogP) is 3.93. The second kappa shape index (κ2) is 8.65. The molecule has 2 aliphatic heterocycles. The average Bonchev–Trinajstić information content (AvgIpc) is 3.37. The first kappa shape index (κ1) is 23.0. The molecule has 0 saturated carbocycles. The maximum atomic E-state index is 15.2. The van der Waals surface area contributed by atoms with Crippen LogP contribution in [0.2, 0.25) is 0 Å². The number of nitrogens with zero attached hydrogens (tertiary/aromatic N) is 1. The summed E-state index contributed by atoms with van der Waals surface area (Å²) in [5, 5.41) is 3.41. The summed E-state index contributed by atoms with van der Waals surface area (Å²) < 4.78 is 53.8. The Morgan fingerprint density at radius 2 is 1.72 bits per heavy atom. The number of amides is 1. The highest BCUT2D eigenvalue weighted by molar-refractivity contribution is 7.90. The van der Waals surface area contributed by atoms with Crippen molar-refractivity contribution in [3.63, 3.8) is 0 Å². The van der Waals surface area contributed by atoms with Gasteiger partial charge < -0.3 is 5.32 Å². The van der Waals surface area contributed by atoms with E-state index >= 15 is 8.78 Å². The third-order valence-corrected chi connectivity index (χ3v) is 8.14. The zero-order chi connectivity index (χ0) is 23.1. The lowest BCUT2D eigenvalue weighted by Crippen LogP contribution is -2.59. The van der Waals surface area contributed by atoms with Gasteiger partial charge in [-0.25, -0.2) is 22.0 Å². The number of likely N-dealkylation sites (tertiary alicyclic amines) is 1. The molecule has 5 nitrogen and oxygen atoms in total. The van der Waals surface area contributed by atoms with Crippen LogP contribution in [0, 0.1) is 11.6 Å². The summed E-state index contributed by atoms with van der Waals surface area (Å²) >= 11 is 0. The first-order valence-electron chi connectivity index (χ1n) is 11.1. The van der Waals surface area contributed by atoms with Crippen molar-refractivity contribution in [3.05, 3.63) is 53.6 Å². The predicted molar refractivity (Wildman–Crippen MR) is 119 cm³/mol. The van der Waals surface area contributed by atoms with Gasteiger partial charge in [0, 0.05) is 19.1 Å². The van der Waals surface area contributed by atoms with E-state index in [4.69, 9.17) is 0 Å². The molecule has 2 aliphatic rings. The lowest BCUT2D eigenvalue weighted by atomic mass is 10.0. The molecule has 2 heterocycles. The highest BCUT2D eigenvalue weighted by Crippen LogP contribution is 2.34. The highest BCUT2D eigenvalue weighted by Gasteiger charge is 2.49. The maximum Gasteiger partial charge on any atom is 0.352 e. The minimum atomic E-state index is -3.37. The van der Waals surface area contributed by atoms with E-state index in [1.165, 1.54) is 24.3 Å². The highest BCUT2D eigenvalue weighted by atomic mass is 32.2. The Kier molecular flexibility index (Phi) is 6.22. The molecule has 1 unspecified atom stereocenters. The first-order chi connectivity index (χ1) is 15.1. The zero-order valence-corrected chi connectivity index (χ0v) is 19.2. The van der Waals surface area contributed by atoms with Crippen molar-refractivity contribution in [2.24, 2.45) is 0 Å². The van der Waals surface area contributed by atoms with Gasteiger partial charge in [-0.2, -0.15) is 0 Å². The van der Waals surface area contributed by atoms with Crippen molar-refractivity contribution in [1.82, 2.24) is 5.32 Å². The van der Waals surface area contributed by atoms with Gasteiger partial charge in [0.05, 0.1) is 23.5 Å². The summed E-state index contributed by atoms with van der Waals surface area (Å²) in [6, 6.07) is 8.34. The van der Waals surface area contributed by atoms with Crippen LogP contribution in [0.1, 0.15) is 43.0 Å². The maximum absolute atomic E-state index is 15.2. The van der Waals surface area contributed by atoms with E-state index in [-0.39, 0.29) is 27.0 Å². The third-order valence-electron chi connectivity index (χ3n) is 7.01. The van der Waals surface area contributed by atoms with E-state index in [9.17, 15) is 13.2 Å². The first-order valence-corrected chi connectivity index (χ1v) is 13.0. The SMILES string of the molecule is C[C@@H]1CCC[N+]1(C[C@@H]1CCCN1)C(=O)c1c(F)cc(-c2ccc(S(C)(=O)=O)cc2)cc1F. The normalized spacial score (nSPS) is 25.9. The van der Waals surface area contributed by atoms with Gasteiger partial charge in [-0.15, -0.1) is 0 Å². The van der Waals surface area contributed by atoms with Crippen LogP contribution >= 0.6 is 0 Å². The van der Waals surface area contributed by atoms with Crippen molar-refractivity contribution in [2.45, 2.75) is 49.6 Å². The van der Waals surface area contributed by atoms with Crippen LogP contribution in [0.3, 0.4) is 0 Å². The van der Waals surface area contributed by atoms with Crippen LogP contribution in [-0.4, -0.2) is 56.8 Å². The fraction of sp³-hybridized carbons (Fsp3) is 0.458. The summed E-state index contributed by atoms with van der Waals surface area (Å²) in [6.45, 7) is 4.04. The Morgan fingerprint density at radius 3 is 2.22 bits per heavy atom. The number of hydrogen-bond acceptors (Lipinski definition) is 4. The second-order valence-corrected chi connectivity index (χ2v) is 11.2. The van der Waals surface area contributed by atoms with E-state index in [2.05, 4.69) is 5.32 Å². The molecular formula is C24H29F2N2O3S+. The summed E-state index contributed by atoms with van der Waals surface area (Å²) in [5.74, 6) is -2.25. The Hall–Kier alpha value is -2.16. The van der Waals surface area contributed by atoms with Gasteiger partial charge in [0.2, 0.25) is 0 Å². The summed E-state index contributed by atoms with van der Waals surface area (Å²) in [6.07, 6.45) is 4.82. The Bertz CT molecular complexity index is 1110. The molecule has 3 atom stereocenters. The molecule has 1 N–H and O–H groups in total. The van der Waals surface area contributed by atoms with E-state index in [0.29, 0.717) is 18.7 Å². The Balaban J connectivity index is 1.68. The number of rotatable bonds is 5. The molecule has 0 aliphatic carbocycles. The number of sulfone groups is 1. The number of nitrogens with one attached hydrogen (secondary N) is 1. The fourth-order valence-electron chi connectivity index (χ4n) is 5.16. The molecule has 8 heteroatoms. The molecule has 2 saturated heterocycles. The van der Waals surface area contributed by atoms with Crippen molar-refractivity contribution in [3.8, 4) is 11.1 Å². The molecule has 2 aromatic carbocycles. The standard InChI is InChI=1S/C24H29F2N2O3S/c1-16-5-4-12-28(16,15-19-6-3-11-27-19)24(29)23-21(25)13-18(14-22(23)26)17-7-9-20(10-8-17)32(2,30)31/h7-10,13-14,16,19,27H,3-6,11-12,15H2,1-2H3/q+1/t16-,19+,28?/m1/s1. The number of quaternary nitrogens is 1. The molecule has 0 bridgehead atoms. The lowest BCUT2D eigenvalue weighted by Gasteiger charge is -2.38. The molecule has 0 aromatic heterocycles. The molecule has 172 valence electrons. The molecule has 2 fully saturated rings. The monoisotopic (exact) mass is 463 g/mol. The van der Waals surface area contributed by atoms with Crippen LogP contribution < -0.4 is 5.32 Å². The lowest BCUT2D eigenvalue weighted by molar-refractivity contribution is -0.860. The van der Waals surface area contributed by atoms with Crippen LogP contribution in [0.5, 0.6) is 0 Å². The van der Waals surface area contributed by atoms with Gasteiger partial charge in [-0.1, -0.05) is 12.1 Å². The number of carbonyl (C=O) groups excluding carboxylic acids is 1. The molecular weight excluding hydrogens is 434 g/mol. The van der Waals surface area contributed by atoms with Crippen LogP contribution in [0.25, 0.3) is 11.1 Å². The van der Waals surface area contributed by atoms with Crippen molar-refractivity contribution < 1.29 is 26.5 Å². The number of benzene rings is 2. The smallest absolute Gasteiger partial charge is 0.309 e. The number of carbonyl (C=O) groups is 1. The quantitative estimate of drug-likeness (QED) is 0.683. The van der Waals surface area contributed by atoms with Crippen LogP contribution in [0.15, 0.2) is 41.3 Å². The molecule has 2 aromatic rings. The summed E-state index contributed by atoms with van der Waals surface area (Å²) in [5.41, 5.74) is 0.256. The number of hydrogen-bond donors (Lipinski definition) is 1. The largest absolute Gasteiger partial charge is 0.352 e. The molecule has 32 heavy (non-hydrogen) atoms. The van der Waals surface area contributed by atoms with E-state index < -0.39 is 32.9 Å². The van der Waals surface area contributed by atoms with Gasteiger partial charge in [0.25, 0.3) is 0 Å². The minimum Gasteiger partial charge on any atom is -0.309 e. The van der Waals surface area contributed by atoms with Gasteiger partial charge in [0.1, 0.15) is 18.2 Å². The van der Waals surface area contributed by atoms with E-state index in [1.54, 1.807) is 0 Å². The molecule has 1 amide bonds. The summed E-state index contributed by atoms with van der Waals surface area (Å²) in [7, 11) is -3.37. The van der Waals surface area contributed by atoms with E-state index in [1.807, 2.05) is 6.92 Å². The molecule has 0 spiro atoms. The number of halogens is 2. The molecule has 4 rings (SSSR count). The summed E-state index contributed by atoms with van der Waals surface area (Å²) in [4.78, 5) is 13.7. The fourth-order valence-corrected chi connectivity index (χ4v) is 5.79.